The van der Waals surface area contributed by atoms with Crippen LogP contribution in [-0.2, 0) is 4.79 Å². The molecule has 1 N–H and O–H groups in total. The number of nitrogens with one attached hydrogen (secondary N) is 1. The van der Waals surface area contributed by atoms with Gasteiger partial charge in [0.2, 0.25) is 5.91 Å². The molecule has 1 rings (SSSR count). The van der Waals surface area contributed by atoms with Crippen LogP contribution < -0.4 is 15.0 Å². The molecule has 36 heavy (non-hydrogen) atoms. The fourth-order valence-corrected chi connectivity index (χ4v) is 5.07. The maximum atomic E-state index is 13.3. The van der Waals surface area contributed by atoms with E-state index in [2.05, 4.69) is 63.9 Å². The third-order valence-corrected chi connectivity index (χ3v) is 7.69. The second kappa shape index (κ2) is 19.4. The van der Waals surface area contributed by atoms with E-state index in [-0.39, 0.29) is 11.8 Å². The highest BCUT2D eigenvalue weighted by Crippen LogP contribution is 2.34. The van der Waals surface area contributed by atoms with Gasteiger partial charge in [-0.15, -0.1) is 0 Å². The number of hydrogen-bond donors (Lipinski definition) is 1. The Hall–Kier alpha value is -1.71. The zero-order valence-electron chi connectivity index (χ0n) is 24.8. The topological polar surface area (TPSA) is 41.6 Å². The Kier molecular flexibility index (Phi) is 17.4. The van der Waals surface area contributed by atoms with Crippen LogP contribution in [0.25, 0.3) is 0 Å². The highest BCUT2D eigenvalue weighted by molar-refractivity contribution is 5.96. The van der Waals surface area contributed by atoms with Gasteiger partial charge in [0, 0.05) is 25.1 Å². The van der Waals surface area contributed by atoms with E-state index in [9.17, 15) is 4.79 Å². The summed E-state index contributed by atoms with van der Waals surface area (Å²) in [4.78, 5) is 15.9. The summed E-state index contributed by atoms with van der Waals surface area (Å²) in [5, 5.41) is 3.35. The second-order valence-corrected chi connectivity index (χ2v) is 10.6. The Balaban J connectivity index is 3.38. The van der Waals surface area contributed by atoms with Gasteiger partial charge >= 0.3 is 0 Å². The first-order valence-corrected chi connectivity index (χ1v) is 15.3. The van der Waals surface area contributed by atoms with Crippen molar-refractivity contribution < 1.29 is 9.53 Å². The Bertz CT molecular complexity index is 687. The maximum absolute atomic E-state index is 13.3. The molecule has 0 radical (unpaired) electrons. The van der Waals surface area contributed by atoms with Crippen molar-refractivity contribution in [2.75, 3.05) is 29.9 Å². The first-order valence-electron chi connectivity index (χ1n) is 15.3. The van der Waals surface area contributed by atoms with Crippen molar-refractivity contribution in [3.63, 3.8) is 0 Å². The minimum atomic E-state index is 0.0682. The number of ether oxygens (including phenoxy) is 1. The number of unbranched alkanes of at least 4 members (excludes halogenated alkanes) is 3. The molecule has 0 spiro atoms. The van der Waals surface area contributed by atoms with Crippen LogP contribution in [0.2, 0.25) is 0 Å². The molecule has 4 nitrogen and oxygen atoms in total. The fourth-order valence-electron chi connectivity index (χ4n) is 5.07. The Labute approximate surface area is 224 Å². The van der Waals surface area contributed by atoms with Gasteiger partial charge < -0.3 is 15.0 Å². The molecular weight excluding hydrogens is 444 g/mol. The summed E-state index contributed by atoms with van der Waals surface area (Å²) in [5.41, 5.74) is 2.07. The van der Waals surface area contributed by atoms with E-state index in [0.29, 0.717) is 18.4 Å². The molecule has 0 saturated carbocycles. The first kappa shape index (κ1) is 32.3. The number of amides is 1. The highest BCUT2D eigenvalue weighted by Gasteiger charge is 2.23. The van der Waals surface area contributed by atoms with E-state index in [1.807, 2.05) is 13.0 Å². The lowest BCUT2D eigenvalue weighted by Crippen LogP contribution is -2.35. The number of anilines is 2. The van der Waals surface area contributed by atoms with Crippen LogP contribution in [0, 0.1) is 17.8 Å². The molecular formula is C32H58N2O2. The van der Waals surface area contributed by atoms with Gasteiger partial charge in [0.05, 0.1) is 18.0 Å². The van der Waals surface area contributed by atoms with Crippen LogP contribution in [0.4, 0.5) is 11.4 Å². The van der Waals surface area contributed by atoms with E-state index < -0.39 is 0 Å². The van der Waals surface area contributed by atoms with Gasteiger partial charge in [-0.2, -0.15) is 0 Å². The molecule has 4 heteroatoms. The monoisotopic (exact) mass is 502 g/mol. The van der Waals surface area contributed by atoms with Crippen molar-refractivity contribution in [1.82, 2.24) is 0 Å². The molecule has 0 aliphatic carbocycles. The average molecular weight is 503 g/mol. The molecule has 1 aromatic rings. The van der Waals surface area contributed by atoms with Gasteiger partial charge in [-0.25, -0.2) is 0 Å². The van der Waals surface area contributed by atoms with Crippen molar-refractivity contribution in [2.24, 2.45) is 17.8 Å². The quantitative estimate of drug-likeness (QED) is 0.182. The van der Waals surface area contributed by atoms with E-state index >= 15 is 0 Å². The van der Waals surface area contributed by atoms with Crippen molar-refractivity contribution in [1.29, 1.82) is 0 Å². The molecule has 0 aliphatic heterocycles. The van der Waals surface area contributed by atoms with Crippen molar-refractivity contribution >= 4 is 17.3 Å². The predicted octanol–water partition coefficient (Wildman–Crippen LogP) is 9.48. The smallest absolute Gasteiger partial charge is 0.227 e. The summed E-state index contributed by atoms with van der Waals surface area (Å²) in [6, 6.07) is 6.25. The molecule has 3 atom stereocenters. The summed E-state index contributed by atoms with van der Waals surface area (Å²) in [6.45, 7) is 18.3. The maximum Gasteiger partial charge on any atom is 0.227 e. The summed E-state index contributed by atoms with van der Waals surface area (Å²) < 4.78 is 5.93. The van der Waals surface area contributed by atoms with Gasteiger partial charge in [-0.1, -0.05) is 92.9 Å². The number of hydrogen-bond acceptors (Lipinski definition) is 3. The summed E-state index contributed by atoms with van der Waals surface area (Å²) in [5.74, 6) is 2.42. The molecule has 1 amide bonds. The predicted molar refractivity (Wildman–Crippen MR) is 158 cm³/mol. The Morgan fingerprint density at radius 1 is 0.806 bits per heavy atom. The minimum Gasteiger partial charge on any atom is -0.494 e. The van der Waals surface area contributed by atoms with Gasteiger partial charge in [-0.3, -0.25) is 4.79 Å². The number of carbonyl (C=O) groups is 1. The fraction of sp³-hybridized carbons (Fsp3) is 0.781. The van der Waals surface area contributed by atoms with E-state index in [1.165, 1.54) is 51.4 Å². The third-order valence-electron chi connectivity index (χ3n) is 7.69. The zero-order valence-corrected chi connectivity index (χ0v) is 24.8. The van der Waals surface area contributed by atoms with Crippen molar-refractivity contribution in [2.45, 2.75) is 126 Å². The molecule has 1 aromatic carbocycles. The number of nitrogens with zero attached hydrogens (tertiary/aromatic N) is 1. The molecule has 0 aliphatic rings. The van der Waals surface area contributed by atoms with Crippen LogP contribution >= 0.6 is 0 Å². The number of benzene rings is 1. The van der Waals surface area contributed by atoms with Crippen molar-refractivity contribution in [3.05, 3.63) is 18.2 Å². The van der Waals surface area contributed by atoms with Crippen LogP contribution in [0.3, 0.4) is 0 Å². The first-order chi connectivity index (χ1) is 17.5. The van der Waals surface area contributed by atoms with Gasteiger partial charge in [0.1, 0.15) is 5.75 Å². The Morgan fingerprint density at radius 2 is 1.36 bits per heavy atom. The van der Waals surface area contributed by atoms with Crippen LogP contribution in [0.5, 0.6) is 5.75 Å². The summed E-state index contributed by atoms with van der Waals surface area (Å²) in [6.07, 6.45) is 14.0. The molecule has 0 bridgehead atoms. The zero-order chi connectivity index (χ0) is 26.8. The lowest BCUT2D eigenvalue weighted by atomic mass is 9.95. The molecule has 0 heterocycles. The van der Waals surface area contributed by atoms with Crippen LogP contribution in [0.15, 0.2) is 18.2 Å². The Morgan fingerprint density at radius 3 is 1.83 bits per heavy atom. The van der Waals surface area contributed by atoms with Crippen LogP contribution in [0.1, 0.15) is 126 Å². The third kappa shape index (κ3) is 11.6. The summed E-state index contributed by atoms with van der Waals surface area (Å²) in [7, 11) is 0. The van der Waals surface area contributed by atoms with E-state index in [1.54, 1.807) is 0 Å². The highest BCUT2D eigenvalue weighted by atomic mass is 16.5. The van der Waals surface area contributed by atoms with Gasteiger partial charge in [0.15, 0.2) is 0 Å². The molecule has 0 saturated heterocycles. The molecule has 3 unspecified atom stereocenters. The van der Waals surface area contributed by atoms with Gasteiger partial charge in [-0.05, 0) is 56.6 Å². The molecule has 0 fully saturated rings. The molecule has 208 valence electrons. The van der Waals surface area contributed by atoms with Gasteiger partial charge in [0.25, 0.3) is 0 Å². The average Bonchev–Trinajstić information content (AvgIpc) is 2.89. The summed E-state index contributed by atoms with van der Waals surface area (Å²) >= 11 is 0. The van der Waals surface area contributed by atoms with Crippen LogP contribution in [-0.4, -0.2) is 25.6 Å². The second-order valence-electron chi connectivity index (χ2n) is 10.6. The number of carbonyl (C=O) groups excluding carboxylic acids is 1. The normalized spacial score (nSPS) is 13.8. The standard InChI is InChI=1S/C32H58N2O2/c1-8-15-18-26(11-4)24-34(25-27(12-5)19-16-9-2)31-23-29(36-14-7)21-22-30(31)33-32(35)28(13-6)20-17-10-3/h21-23,26-28H,8-20,24-25H2,1-7H3,(H,33,35). The largest absolute Gasteiger partial charge is 0.494 e. The van der Waals surface area contributed by atoms with E-state index in [0.717, 1.165) is 55.9 Å². The number of rotatable bonds is 21. The van der Waals surface area contributed by atoms with E-state index in [4.69, 9.17) is 4.74 Å². The lowest BCUT2D eigenvalue weighted by molar-refractivity contribution is -0.120. The van der Waals surface area contributed by atoms with Crippen molar-refractivity contribution in [3.8, 4) is 5.75 Å². The minimum absolute atomic E-state index is 0.0682. The lowest BCUT2D eigenvalue weighted by Gasteiger charge is -2.34. The SMILES string of the molecule is CCCCC(CC)CN(CC(CC)CCCC)c1cc(OCC)ccc1NC(=O)C(CC)CCCC. The molecule has 0 aromatic heterocycles.